The second-order valence-corrected chi connectivity index (χ2v) is 7.70. The van der Waals surface area contributed by atoms with Crippen molar-refractivity contribution in [3.8, 4) is 0 Å². The largest absolute Gasteiger partial charge is 0.334 e. The van der Waals surface area contributed by atoms with E-state index in [4.69, 9.17) is 11.6 Å². The molecule has 21 heavy (non-hydrogen) atoms. The average Bonchev–Trinajstić information content (AvgIpc) is 2.94. The van der Waals surface area contributed by atoms with Gasteiger partial charge in [-0.2, -0.15) is 0 Å². The normalized spacial score (nSPS) is 26.9. The van der Waals surface area contributed by atoms with Crippen LogP contribution in [0.25, 0.3) is 0 Å². The lowest BCUT2D eigenvalue weighted by atomic mass is 9.79. The number of thiophene rings is 1. The van der Waals surface area contributed by atoms with Gasteiger partial charge in [-0.3, -0.25) is 9.59 Å². The summed E-state index contributed by atoms with van der Waals surface area (Å²) < 4.78 is 0.639. The van der Waals surface area contributed by atoms with Crippen molar-refractivity contribution < 1.29 is 9.59 Å². The molecular weight excluding hydrogens is 306 g/mol. The SMILES string of the molecule is O=C1CCCCC1C1CCCCN1C(=O)c1ccc(Cl)s1. The van der Waals surface area contributed by atoms with E-state index in [1.165, 1.54) is 11.3 Å². The van der Waals surface area contributed by atoms with Gasteiger partial charge in [-0.05, 0) is 44.2 Å². The van der Waals surface area contributed by atoms with Gasteiger partial charge in [0, 0.05) is 24.9 Å². The molecule has 0 N–H and O–H groups in total. The molecule has 5 heteroatoms. The third-order valence-electron chi connectivity index (χ3n) is 4.66. The van der Waals surface area contributed by atoms with Crippen LogP contribution in [0.4, 0.5) is 0 Å². The lowest BCUT2D eigenvalue weighted by Crippen LogP contribution is -2.50. The second kappa shape index (κ2) is 6.49. The van der Waals surface area contributed by atoms with Crippen molar-refractivity contribution in [1.29, 1.82) is 0 Å². The first-order valence-corrected chi connectivity index (χ1v) is 8.95. The summed E-state index contributed by atoms with van der Waals surface area (Å²) in [6, 6.07) is 3.66. The van der Waals surface area contributed by atoms with Crippen molar-refractivity contribution >= 4 is 34.6 Å². The first kappa shape index (κ1) is 15.0. The minimum absolute atomic E-state index is 0.0509. The van der Waals surface area contributed by atoms with E-state index < -0.39 is 0 Å². The zero-order valence-corrected chi connectivity index (χ0v) is 13.6. The Morgan fingerprint density at radius 1 is 1.19 bits per heavy atom. The summed E-state index contributed by atoms with van der Waals surface area (Å²) in [7, 11) is 0. The fourth-order valence-electron chi connectivity index (χ4n) is 3.62. The molecule has 0 spiro atoms. The summed E-state index contributed by atoms with van der Waals surface area (Å²) >= 11 is 7.27. The predicted octanol–water partition coefficient (Wildman–Crippen LogP) is 4.16. The number of hydrogen-bond acceptors (Lipinski definition) is 3. The van der Waals surface area contributed by atoms with Crippen LogP contribution < -0.4 is 0 Å². The van der Waals surface area contributed by atoms with Gasteiger partial charge in [-0.1, -0.05) is 18.0 Å². The zero-order valence-electron chi connectivity index (χ0n) is 12.0. The van der Waals surface area contributed by atoms with E-state index in [1.807, 2.05) is 4.90 Å². The molecule has 0 bridgehead atoms. The number of likely N-dealkylation sites (tertiary alicyclic amines) is 1. The highest BCUT2D eigenvalue weighted by atomic mass is 35.5. The number of rotatable bonds is 2. The molecule has 2 unspecified atom stereocenters. The van der Waals surface area contributed by atoms with Crippen LogP contribution in [0.1, 0.15) is 54.6 Å². The van der Waals surface area contributed by atoms with Crippen molar-refractivity contribution in [3.63, 3.8) is 0 Å². The van der Waals surface area contributed by atoms with Crippen molar-refractivity contribution in [3.05, 3.63) is 21.3 Å². The quantitative estimate of drug-likeness (QED) is 0.819. The Hall–Kier alpha value is -0.870. The molecule has 0 radical (unpaired) electrons. The second-order valence-electron chi connectivity index (χ2n) is 5.98. The van der Waals surface area contributed by atoms with E-state index in [9.17, 15) is 9.59 Å². The van der Waals surface area contributed by atoms with Gasteiger partial charge in [0.2, 0.25) is 0 Å². The molecule has 3 nitrogen and oxygen atoms in total. The van der Waals surface area contributed by atoms with E-state index in [2.05, 4.69) is 0 Å². The van der Waals surface area contributed by atoms with Crippen molar-refractivity contribution in [2.75, 3.05) is 6.54 Å². The minimum atomic E-state index is 0.0509. The van der Waals surface area contributed by atoms with Crippen LogP contribution in [0.3, 0.4) is 0 Å². The predicted molar refractivity (Wildman–Crippen MR) is 85.0 cm³/mol. The molecule has 1 aromatic rings. The van der Waals surface area contributed by atoms with E-state index in [1.54, 1.807) is 12.1 Å². The van der Waals surface area contributed by atoms with Gasteiger partial charge in [-0.15, -0.1) is 11.3 Å². The highest BCUT2D eigenvalue weighted by Crippen LogP contribution is 2.33. The van der Waals surface area contributed by atoms with Gasteiger partial charge in [-0.25, -0.2) is 0 Å². The first-order valence-electron chi connectivity index (χ1n) is 7.76. The number of amides is 1. The van der Waals surface area contributed by atoms with Gasteiger partial charge in [0.1, 0.15) is 5.78 Å². The number of ketones is 1. The smallest absolute Gasteiger partial charge is 0.264 e. The lowest BCUT2D eigenvalue weighted by molar-refractivity contribution is -0.127. The highest BCUT2D eigenvalue weighted by molar-refractivity contribution is 7.17. The Balaban J connectivity index is 1.80. The summed E-state index contributed by atoms with van der Waals surface area (Å²) in [5.74, 6) is 0.462. The first-order chi connectivity index (χ1) is 10.2. The topological polar surface area (TPSA) is 37.4 Å². The van der Waals surface area contributed by atoms with Gasteiger partial charge >= 0.3 is 0 Å². The Morgan fingerprint density at radius 2 is 2.00 bits per heavy atom. The van der Waals surface area contributed by atoms with Crippen molar-refractivity contribution in [2.24, 2.45) is 5.92 Å². The monoisotopic (exact) mass is 325 g/mol. The van der Waals surface area contributed by atoms with Crippen LogP contribution in [-0.4, -0.2) is 29.2 Å². The van der Waals surface area contributed by atoms with Gasteiger partial charge in [0.25, 0.3) is 5.91 Å². The van der Waals surface area contributed by atoms with Crippen LogP contribution in [-0.2, 0) is 4.79 Å². The Labute approximate surface area is 134 Å². The molecule has 2 heterocycles. The molecule has 2 fully saturated rings. The number of carbonyl (C=O) groups is 2. The Bertz CT molecular complexity index is 542. The minimum Gasteiger partial charge on any atom is -0.334 e. The van der Waals surface area contributed by atoms with Crippen LogP contribution >= 0.6 is 22.9 Å². The van der Waals surface area contributed by atoms with E-state index in [0.29, 0.717) is 21.4 Å². The molecule has 1 saturated carbocycles. The fraction of sp³-hybridized carbons (Fsp3) is 0.625. The van der Waals surface area contributed by atoms with Gasteiger partial charge in [0.15, 0.2) is 0 Å². The molecule has 2 aliphatic rings. The Morgan fingerprint density at radius 3 is 2.71 bits per heavy atom. The van der Waals surface area contributed by atoms with Gasteiger partial charge < -0.3 is 4.90 Å². The number of carbonyl (C=O) groups excluding carboxylic acids is 2. The summed E-state index contributed by atoms with van der Waals surface area (Å²) in [5, 5.41) is 0. The standard InChI is InChI=1S/C16H20ClNO2S/c17-15-9-8-14(21-15)16(20)18-10-4-3-6-12(18)11-5-1-2-7-13(11)19/h8-9,11-12H,1-7,10H2. The molecule has 1 amide bonds. The number of piperidine rings is 1. The number of hydrogen-bond donors (Lipinski definition) is 0. The molecule has 114 valence electrons. The summed E-state index contributed by atoms with van der Waals surface area (Å²) in [5.41, 5.74) is 0. The summed E-state index contributed by atoms with van der Waals surface area (Å²) in [6.45, 7) is 0.767. The molecule has 1 aliphatic heterocycles. The van der Waals surface area contributed by atoms with E-state index >= 15 is 0 Å². The maximum absolute atomic E-state index is 12.7. The summed E-state index contributed by atoms with van der Waals surface area (Å²) in [4.78, 5) is 27.6. The van der Waals surface area contributed by atoms with Crippen LogP contribution in [0.5, 0.6) is 0 Å². The van der Waals surface area contributed by atoms with Gasteiger partial charge in [0.05, 0.1) is 9.21 Å². The molecular formula is C16H20ClNO2S. The number of Topliss-reactive ketones (excluding diaryl/α,β-unsaturated/α-hetero) is 1. The third-order valence-corrected chi connectivity index (χ3v) is 5.88. The molecule has 1 aromatic heterocycles. The number of halogens is 1. The fourth-order valence-corrected chi connectivity index (χ4v) is 4.61. The molecule has 1 aliphatic carbocycles. The molecule has 3 rings (SSSR count). The lowest BCUT2D eigenvalue weighted by Gasteiger charge is -2.41. The molecule has 2 atom stereocenters. The van der Waals surface area contributed by atoms with E-state index in [0.717, 1.165) is 45.1 Å². The van der Waals surface area contributed by atoms with Crippen LogP contribution in [0.2, 0.25) is 4.34 Å². The van der Waals surface area contributed by atoms with E-state index in [-0.39, 0.29) is 17.9 Å². The maximum atomic E-state index is 12.7. The van der Waals surface area contributed by atoms with Crippen LogP contribution in [0.15, 0.2) is 12.1 Å². The Kier molecular flexibility index (Phi) is 4.65. The molecule has 1 saturated heterocycles. The third kappa shape index (κ3) is 3.16. The van der Waals surface area contributed by atoms with Crippen molar-refractivity contribution in [2.45, 2.75) is 51.0 Å². The molecule has 0 aromatic carbocycles. The number of nitrogens with zero attached hydrogens (tertiary/aromatic N) is 1. The zero-order chi connectivity index (χ0) is 14.8. The average molecular weight is 326 g/mol. The highest BCUT2D eigenvalue weighted by Gasteiger charge is 2.37. The maximum Gasteiger partial charge on any atom is 0.264 e. The summed E-state index contributed by atoms with van der Waals surface area (Å²) in [6.07, 6.45) is 6.86. The van der Waals surface area contributed by atoms with Crippen molar-refractivity contribution in [1.82, 2.24) is 4.90 Å². The van der Waals surface area contributed by atoms with Crippen LogP contribution in [0, 0.1) is 5.92 Å².